The second kappa shape index (κ2) is 3.58. The maximum absolute atomic E-state index is 10.4. The number of nitrogens with one attached hydrogen (secondary N) is 1. The number of hydrogen-bond donors (Lipinski definition) is 2. The Morgan fingerprint density at radius 3 is 2.46 bits per heavy atom. The minimum absolute atomic E-state index is 0.309. The van der Waals surface area contributed by atoms with E-state index in [1.54, 1.807) is 0 Å². The predicted octanol–water partition coefficient (Wildman–Crippen LogP) is 1.78. The molecule has 2 N–H and O–H groups in total. The molecule has 0 amide bonds. The fraction of sp³-hybridized carbons (Fsp3) is 1.00. The number of hydrogen-bond acceptors (Lipinski definition) is 2. The molecule has 0 aliphatic heterocycles. The lowest BCUT2D eigenvalue weighted by molar-refractivity contribution is 0.00540. The van der Waals surface area contributed by atoms with Crippen LogP contribution in [0.5, 0.6) is 0 Å². The molecule has 2 heteroatoms. The van der Waals surface area contributed by atoms with Gasteiger partial charge in [0.25, 0.3) is 0 Å². The van der Waals surface area contributed by atoms with Crippen molar-refractivity contribution in [3.8, 4) is 0 Å². The van der Waals surface area contributed by atoms with Gasteiger partial charge in [-0.3, -0.25) is 0 Å². The van der Waals surface area contributed by atoms with Crippen molar-refractivity contribution in [3.05, 3.63) is 0 Å². The monoisotopic (exact) mass is 185 g/mol. The third kappa shape index (κ3) is 2.44. The lowest BCUT2D eigenvalue weighted by Gasteiger charge is -2.28. The van der Waals surface area contributed by atoms with E-state index in [2.05, 4.69) is 33.0 Å². The lowest BCUT2D eigenvalue weighted by Crippen LogP contribution is -2.43. The molecule has 1 saturated carbocycles. The van der Waals surface area contributed by atoms with Gasteiger partial charge in [0.15, 0.2) is 0 Å². The van der Waals surface area contributed by atoms with Gasteiger partial charge in [0.2, 0.25) is 0 Å². The van der Waals surface area contributed by atoms with Gasteiger partial charge in [-0.1, -0.05) is 27.7 Å². The Balaban J connectivity index is 2.58. The summed E-state index contributed by atoms with van der Waals surface area (Å²) in [7, 11) is 0. The summed E-state index contributed by atoms with van der Waals surface area (Å²) in [6.45, 7) is 10.4. The Kier molecular flexibility index (Phi) is 3.03. The van der Waals surface area contributed by atoms with Crippen molar-refractivity contribution in [2.24, 2.45) is 11.3 Å². The molecular formula is C11H23NO. The van der Waals surface area contributed by atoms with Crippen LogP contribution in [-0.4, -0.2) is 23.8 Å². The van der Waals surface area contributed by atoms with E-state index in [0.717, 1.165) is 25.9 Å². The average Bonchev–Trinajstić information content (AvgIpc) is 2.18. The number of rotatable bonds is 3. The summed E-state index contributed by atoms with van der Waals surface area (Å²) < 4.78 is 0. The molecule has 1 aliphatic carbocycles. The molecule has 78 valence electrons. The maximum atomic E-state index is 10.4. The van der Waals surface area contributed by atoms with Gasteiger partial charge in [-0.2, -0.15) is 0 Å². The van der Waals surface area contributed by atoms with Crippen molar-refractivity contribution in [1.29, 1.82) is 0 Å². The van der Waals surface area contributed by atoms with E-state index in [9.17, 15) is 5.11 Å². The first-order valence-corrected chi connectivity index (χ1v) is 5.33. The fourth-order valence-corrected chi connectivity index (χ4v) is 2.67. The highest BCUT2D eigenvalue weighted by Gasteiger charge is 2.46. The molecule has 0 radical (unpaired) electrons. The van der Waals surface area contributed by atoms with Crippen LogP contribution in [-0.2, 0) is 0 Å². The highest BCUT2D eigenvalue weighted by molar-refractivity contribution is 4.99. The Bertz CT molecular complexity index is 179. The Hall–Kier alpha value is -0.0800. The summed E-state index contributed by atoms with van der Waals surface area (Å²) >= 11 is 0. The van der Waals surface area contributed by atoms with Gasteiger partial charge in [-0.05, 0) is 30.7 Å². The fourth-order valence-electron chi connectivity index (χ4n) is 2.67. The van der Waals surface area contributed by atoms with Gasteiger partial charge in [0, 0.05) is 6.54 Å². The molecule has 0 aromatic heterocycles. The Morgan fingerprint density at radius 2 is 2.08 bits per heavy atom. The normalized spacial score (nSPS) is 38.1. The summed E-state index contributed by atoms with van der Waals surface area (Å²) in [5, 5.41) is 13.6. The smallest absolute Gasteiger partial charge is 0.0802 e. The van der Waals surface area contributed by atoms with E-state index in [4.69, 9.17) is 0 Å². The van der Waals surface area contributed by atoms with Crippen molar-refractivity contribution in [3.63, 3.8) is 0 Å². The highest BCUT2D eigenvalue weighted by atomic mass is 16.3. The predicted molar refractivity (Wildman–Crippen MR) is 55.7 cm³/mol. The summed E-state index contributed by atoms with van der Waals surface area (Å²) in [6.07, 6.45) is 2.06. The van der Waals surface area contributed by atoms with E-state index in [0.29, 0.717) is 11.3 Å². The molecule has 0 spiro atoms. The SMILES string of the molecule is CCNCC1(O)CC(C)(C)CC1C. The van der Waals surface area contributed by atoms with E-state index < -0.39 is 5.60 Å². The van der Waals surface area contributed by atoms with Crippen molar-refractivity contribution >= 4 is 0 Å². The van der Waals surface area contributed by atoms with Crippen molar-refractivity contribution < 1.29 is 5.11 Å². The van der Waals surface area contributed by atoms with Gasteiger partial charge < -0.3 is 10.4 Å². The van der Waals surface area contributed by atoms with Gasteiger partial charge in [-0.25, -0.2) is 0 Å². The molecular weight excluding hydrogens is 162 g/mol. The maximum Gasteiger partial charge on any atom is 0.0802 e. The Labute approximate surface area is 81.7 Å². The van der Waals surface area contributed by atoms with Gasteiger partial charge in [0.1, 0.15) is 0 Å². The van der Waals surface area contributed by atoms with Crippen molar-refractivity contribution in [2.45, 2.75) is 46.1 Å². The van der Waals surface area contributed by atoms with E-state index in [1.165, 1.54) is 0 Å². The van der Waals surface area contributed by atoms with Crippen LogP contribution in [0.25, 0.3) is 0 Å². The quantitative estimate of drug-likeness (QED) is 0.702. The molecule has 1 rings (SSSR count). The molecule has 0 saturated heterocycles. The Morgan fingerprint density at radius 1 is 1.46 bits per heavy atom. The zero-order valence-electron chi connectivity index (χ0n) is 9.35. The summed E-state index contributed by atoms with van der Waals surface area (Å²) in [5.74, 6) is 0.418. The molecule has 2 nitrogen and oxygen atoms in total. The standard InChI is InChI=1S/C11H23NO/c1-5-12-8-11(13)7-10(3,4)6-9(11)2/h9,12-13H,5-8H2,1-4H3. The molecule has 2 atom stereocenters. The molecule has 0 heterocycles. The summed E-state index contributed by atoms with van der Waals surface area (Å²) in [4.78, 5) is 0. The number of aliphatic hydroxyl groups is 1. The summed E-state index contributed by atoms with van der Waals surface area (Å²) in [5.41, 5.74) is -0.164. The minimum Gasteiger partial charge on any atom is -0.388 e. The second-order valence-corrected chi connectivity index (χ2v) is 5.33. The number of likely N-dealkylation sites (N-methyl/N-ethyl adjacent to an activating group) is 1. The van der Waals surface area contributed by atoms with Crippen molar-refractivity contribution in [2.75, 3.05) is 13.1 Å². The molecule has 0 aromatic rings. The van der Waals surface area contributed by atoms with Gasteiger partial charge >= 0.3 is 0 Å². The first-order valence-electron chi connectivity index (χ1n) is 5.33. The zero-order valence-corrected chi connectivity index (χ0v) is 9.35. The van der Waals surface area contributed by atoms with Gasteiger partial charge in [0.05, 0.1) is 5.60 Å². The average molecular weight is 185 g/mol. The van der Waals surface area contributed by atoms with Crippen LogP contribution < -0.4 is 5.32 Å². The molecule has 13 heavy (non-hydrogen) atoms. The molecule has 1 fully saturated rings. The second-order valence-electron chi connectivity index (χ2n) is 5.33. The topological polar surface area (TPSA) is 32.3 Å². The van der Waals surface area contributed by atoms with E-state index in [-0.39, 0.29) is 0 Å². The minimum atomic E-state index is -0.473. The first-order chi connectivity index (χ1) is 5.90. The highest BCUT2D eigenvalue weighted by Crippen LogP contribution is 2.46. The zero-order chi connectivity index (χ0) is 10.1. The van der Waals surface area contributed by atoms with Crippen LogP contribution in [0.3, 0.4) is 0 Å². The largest absolute Gasteiger partial charge is 0.388 e. The van der Waals surface area contributed by atoms with Crippen molar-refractivity contribution in [1.82, 2.24) is 5.32 Å². The first kappa shape index (κ1) is 11.0. The molecule has 1 aliphatic rings. The molecule has 2 unspecified atom stereocenters. The van der Waals surface area contributed by atoms with Gasteiger partial charge in [-0.15, -0.1) is 0 Å². The van der Waals surface area contributed by atoms with Crippen LogP contribution in [0.15, 0.2) is 0 Å². The molecule has 0 bridgehead atoms. The van der Waals surface area contributed by atoms with E-state index in [1.807, 2.05) is 0 Å². The van der Waals surface area contributed by atoms with Crippen LogP contribution in [0.1, 0.15) is 40.5 Å². The third-order valence-corrected chi connectivity index (χ3v) is 3.24. The van der Waals surface area contributed by atoms with Crippen LogP contribution in [0, 0.1) is 11.3 Å². The molecule has 0 aromatic carbocycles. The van der Waals surface area contributed by atoms with Crippen LogP contribution >= 0.6 is 0 Å². The van der Waals surface area contributed by atoms with Crippen LogP contribution in [0.4, 0.5) is 0 Å². The van der Waals surface area contributed by atoms with E-state index >= 15 is 0 Å². The summed E-state index contributed by atoms with van der Waals surface area (Å²) in [6, 6.07) is 0. The third-order valence-electron chi connectivity index (χ3n) is 3.24. The lowest BCUT2D eigenvalue weighted by atomic mass is 9.89. The van der Waals surface area contributed by atoms with Crippen LogP contribution in [0.2, 0.25) is 0 Å².